The highest BCUT2D eigenvalue weighted by Crippen LogP contribution is 2.39. The first kappa shape index (κ1) is 22.3. The highest BCUT2D eigenvalue weighted by molar-refractivity contribution is 7.99. The van der Waals surface area contributed by atoms with Gasteiger partial charge in [-0.05, 0) is 57.6 Å². The molecule has 0 rings (SSSR count). The van der Waals surface area contributed by atoms with E-state index in [0.717, 1.165) is 6.42 Å². The number of ether oxygens (including phenoxy) is 1. The van der Waals surface area contributed by atoms with Crippen molar-refractivity contribution in [3.05, 3.63) is 0 Å². The van der Waals surface area contributed by atoms with Gasteiger partial charge >= 0.3 is 0 Å². The first-order valence-corrected chi connectivity index (χ1v) is 10.4. The minimum atomic E-state index is -0.0586. The molecule has 0 radical (unpaired) electrons. The molecule has 0 saturated carbocycles. The molecule has 3 atom stereocenters. The molecular formula is C20H42OS. The van der Waals surface area contributed by atoms with Crippen LogP contribution in [0.25, 0.3) is 0 Å². The van der Waals surface area contributed by atoms with E-state index in [4.69, 9.17) is 4.74 Å². The number of rotatable bonds is 11. The van der Waals surface area contributed by atoms with Gasteiger partial charge in [-0.3, -0.25) is 0 Å². The maximum absolute atomic E-state index is 6.57. The van der Waals surface area contributed by atoms with E-state index in [-0.39, 0.29) is 5.60 Å². The first-order chi connectivity index (χ1) is 9.94. The van der Waals surface area contributed by atoms with Gasteiger partial charge in [-0.2, -0.15) is 11.8 Å². The highest BCUT2D eigenvalue weighted by Gasteiger charge is 2.34. The molecule has 0 aliphatic rings. The van der Waals surface area contributed by atoms with E-state index in [2.05, 4.69) is 68.6 Å². The summed E-state index contributed by atoms with van der Waals surface area (Å²) in [4.78, 5) is 0. The zero-order valence-electron chi connectivity index (χ0n) is 17.0. The summed E-state index contributed by atoms with van der Waals surface area (Å²) in [5.41, 5.74) is 0.358. The zero-order chi connectivity index (χ0) is 17.6. The van der Waals surface area contributed by atoms with E-state index in [1.807, 2.05) is 11.8 Å². The van der Waals surface area contributed by atoms with Crippen LogP contribution in [0.1, 0.15) is 94.4 Å². The monoisotopic (exact) mass is 330 g/mol. The summed E-state index contributed by atoms with van der Waals surface area (Å²) in [6, 6.07) is 0. The van der Waals surface area contributed by atoms with Crippen molar-refractivity contribution in [2.24, 2.45) is 11.3 Å². The van der Waals surface area contributed by atoms with E-state index in [0.29, 0.717) is 22.2 Å². The van der Waals surface area contributed by atoms with Gasteiger partial charge in [0.1, 0.15) is 0 Å². The summed E-state index contributed by atoms with van der Waals surface area (Å²) in [5, 5.41) is 0. The largest absolute Gasteiger partial charge is 0.372 e. The van der Waals surface area contributed by atoms with Crippen molar-refractivity contribution >= 4 is 11.8 Å². The first-order valence-electron chi connectivity index (χ1n) is 9.17. The Morgan fingerprint density at radius 1 is 0.955 bits per heavy atom. The molecule has 1 nitrogen and oxygen atoms in total. The molecule has 2 heteroatoms. The molecular weight excluding hydrogens is 288 g/mol. The van der Waals surface area contributed by atoms with Crippen molar-refractivity contribution in [1.82, 2.24) is 0 Å². The minimum absolute atomic E-state index is 0.0586. The molecule has 0 aliphatic heterocycles. The fraction of sp³-hybridized carbons (Fsp3) is 1.00. The molecule has 3 unspecified atom stereocenters. The highest BCUT2D eigenvalue weighted by atomic mass is 32.2. The molecule has 0 aromatic heterocycles. The summed E-state index contributed by atoms with van der Waals surface area (Å²) < 4.78 is 6.88. The molecule has 0 heterocycles. The molecule has 0 aromatic rings. The van der Waals surface area contributed by atoms with Crippen LogP contribution >= 0.6 is 11.8 Å². The van der Waals surface area contributed by atoms with Crippen molar-refractivity contribution in [3.63, 3.8) is 0 Å². The van der Waals surface area contributed by atoms with Crippen molar-refractivity contribution < 1.29 is 4.74 Å². The lowest BCUT2D eigenvalue weighted by atomic mass is 9.78. The Morgan fingerprint density at radius 2 is 1.50 bits per heavy atom. The number of hydrogen-bond acceptors (Lipinski definition) is 2. The Labute approximate surface area is 145 Å². The lowest BCUT2D eigenvalue weighted by molar-refractivity contribution is -0.101. The van der Waals surface area contributed by atoms with Crippen LogP contribution in [-0.4, -0.2) is 22.7 Å². The lowest BCUT2D eigenvalue weighted by Crippen LogP contribution is -2.39. The molecule has 0 N–H and O–H groups in total. The summed E-state index contributed by atoms with van der Waals surface area (Å²) >= 11 is 1.97. The van der Waals surface area contributed by atoms with Gasteiger partial charge in [0, 0.05) is 4.75 Å². The summed E-state index contributed by atoms with van der Waals surface area (Å²) in [5.74, 6) is 0.649. The topological polar surface area (TPSA) is 9.23 Å². The van der Waals surface area contributed by atoms with Crippen LogP contribution in [0, 0.1) is 11.3 Å². The van der Waals surface area contributed by atoms with Crippen molar-refractivity contribution in [2.45, 2.75) is 111 Å². The van der Waals surface area contributed by atoms with Crippen LogP contribution in [-0.2, 0) is 4.74 Å². The molecule has 0 aromatic carbocycles. The summed E-state index contributed by atoms with van der Waals surface area (Å²) in [6.45, 7) is 20.8. The fourth-order valence-electron chi connectivity index (χ4n) is 3.38. The predicted molar refractivity (Wildman–Crippen MR) is 104 cm³/mol. The maximum Gasteiger partial charge on any atom is 0.0643 e. The summed E-state index contributed by atoms with van der Waals surface area (Å²) in [6.07, 6.45) is 8.54. The van der Waals surface area contributed by atoms with Crippen LogP contribution in [0.5, 0.6) is 0 Å². The van der Waals surface area contributed by atoms with Crippen molar-refractivity contribution in [2.75, 3.05) is 6.26 Å². The van der Waals surface area contributed by atoms with Gasteiger partial charge in [-0.25, -0.2) is 0 Å². The SMILES string of the molecule is CCC(CC(C)(C)CC)C(C)OC(C)(C)CC(C)(CC)SC. The minimum Gasteiger partial charge on any atom is -0.372 e. The summed E-state index contributed by atoms with van der Waals surface area (Å²) in [7, 11) is 0. The van der Waals surface area contributed by atoms with E-state index in [9.17, 15) is 0 Å². The third-order valence-corrected chi connectivity index (χ3v) is 6.92. The Kier molecular flexibility index (Phi) is 9.09. The molecule has 0 aliphatic carbocycles. The Morgan fingerprint density at radius 3 is 1.86 bits per heavy atom. The quantitative estimate of drug-likeness (QED) is 0.405. The Bertz CT molecular complexity index is 305. The second kappa shape index (κ2) is 8.97. The van der Waals surface area contributed by atoms with Crippen molar-refractivity contribution in [3.8, 4) is 0 Å². The smallest absolute Gasteiger partial charge is 0.0643 e. The van der Waals surface area contributed by atoms with Gasteiger partial charge in [0.05, 0.1) is 11.7 Å². The zero-order valence-corrected chi connectivity index (χ0v) is 17.8. The van der Waals surface area contributed by atoms with Crippen LogP contribution in [0.15, 0.2) is 0 Å². The fourth-order valence-corrected chi connectivity index (χ4v) is 4.16. The average molecular weight is 331 g/mol. The lowest BCUT2D eigenvalue weighted by Gasteiger charge is -2.40. The molecule has 0 spiro atoms. The van der Waals surface area contributed by atoms with Gasteiger partial charge in [-0.15, -0.1) is 0 Å². The van der Waals surface area contributed by atoms with E-state index < -0.39 is 0 Å². The second-order valence-electron chi connectivity index (χ2n) is 8.66. The second-order valence-corrected chi connectivity index (χ2v) is 10.1. The molecule has 0 bridgehead atoms. The van der Waals surface area contributed by atoms with E-state index in [1.165, 1.54) is 25.7 Å². The van der Waals surface area contributed by atoms with Gasteiger partial charge in [0.25, 0.3) is 0 Å². The Balaban J connectivity index is 4.81. The third-order valence-electron chi connectivity index (χ3n) is 5.51. The Hall–Kier alpha value is 0.310. The number of thioether (sulfide) groups is 1. The van der Waals surface area contributed by atoms with Gasteiger partial charge in [0.15, 0.2) is 0 Å². The van der Waals surface area contributed by atoms with Gasteiger partial charge < -0.3 is 4.74 Å². The van der Waals surface area contributed by atoms with Gasteiger partial charge in [0.2, 0.25) is 0 Å². The average Bonchev–Trinajstić information content (AvgIpc) is 2.43. The normalized spacial score (nSPS) is 18.8. The molecule has 22 heavy (non-hydrogen) atoms. The van der Waals surface area contributed by atoms with Crippen LogP contribution in [0.3, 0.4) is 0 Å². The van der Waals surface area contributed by atoms with Gasteiger partial charge in [-0.1, -0.05) is 54.4 Å². The van der Waals surface area contributed by atoms with Crippen molar-refractivity contribution in [1.29, 1.82) is 0 Å². The predicted octanol–water partition coefficient (Wildman–Crippen LogP) is 6.94. The molecule has 0 amide bonds. The third kappa shape index (κ3) is 7.73. The molecule has 134 valence electrons. The number of hydrogen-bond donors (Lipinski definition) is 0. The maximum atomic E-state index is 6.57. The van der Waals surface area contributed by atoms with Crippen LogP contribution in [0.4, 0.5) is 0 Å². The van der Waals surface area contributed by atoms with E-state index >= 15 is 0 Å². The van der Waals surface area contributed by atoms with Crippen LogP contribution < -0.4 is 0 Å². The van der Waals surface area contributed by atoms with E-state index in [1.54, 1.807) is 0 Å². The molecule has 0 fully saturated rings. The molecule has 0 saturated heterocycles. The standard InChI is InChI=1S/C20H42OS/c1-11-17(14-18(5,6)12-2)16(4)21-19(7,8)15-20(9,13-3)22-10/h16-17H,11-15H2,1-10H3. The van der Waals surface area contributed by atoms with Crippen LogP contribution in [0.2, 0.25) is 0 Å².